The number of benzene rings is 3. The van der Waals surface area contributed by atoms with Crippen LogP contribution in [0.1, 0.15) is 21.5 Å². The third-order valence-electron chi connectivity index (χ3n) is 5.54. The van der Waals surface area contributed by atoms with Crippen LogP contribution in [0.3, 0.4) is 0 Å². The zero-order chi connectivity index (χ0) is 25.2. The quantitative estimate of drug-likeness (QED) is 0.221. The minimum absolute atomic E-state index is 0.0804. The van der Waals surface area contributed by atoms with Crippen LogP contribution in [0.2, 0.25) is 5.02 Å². The Morgan fingerprint density at radius 3 is 2.49 bits per heavy atom. The molecule has 2 atom stereocenters. The second kappa shape index (κ2) is 9.89. The first-order valence-electron chi connectivity index (χ1n) is 10.6. The van der Waals surface area contributed by atoms with Gasteiger partial charge in [0.2, 0.25) is 0 Å². The largest absolute Gasteiger partial charge is 0.507 e. The molecule has 0 saturated heterocycles. The Bertz CT molecular complexity index is 1340. The molecule has 0 aliphatic carbocycles. The first-order chi connectivity index (χ1) is 16.6. The maximum absolute atomic E-state index is 12.9. The summed E-state index contributed by atoms with van der Waals surface area (Å²) in [6.07, 6.45) is -3.94. The number of fused-ring (bicyclic) bond motifs is 1. The van der Waals surface area contributed by atoms with Crippen molar-refractivity contribution in [2.75, 3.05) is 5.32 Å². The minimum Gasteiger partial charge on any atom is -0.507 e. The SMILES string of the molecule is O=C(NC(Cc1c[nH]c2ccccc12)C(O)Nc1ccc(C(F)(F)F)cc1)c1cc(Cl)ccc1O. The number of hydrogen-bond donors (Lipinski definition) is 5. The third-order valence-corrected chi connectivity index (χ3v) is 5.78. The summed E-state index contributed by atoms with van der Waals surface area (Å²) in [5.74, 6) is -0.967. The van der Waals surface area contributed by atoms with Crippen LogP contribution in [0.5, 0.6) is 5.75 Å². The van der Waals surface area contributed by atoms with Crippen molar-refractivity contribution in [1.29, 1.82) is 0 Å². The summed E-state index contributed by atoms with van der Waals surface area (Å²) in [7, 11) is 0. The molecule has 4 rings (SSSR count). The van der Waals surface area contributed by atoms with E-state index in [4.69, 9.17) is 11.6 Å². The minimum atomic E-state index is -4.48. The van der Waals surface area contributed by atoms with E-state index in [1.54, 1.807) is 6.20 Å². The molecule has 5 N–H and O–H groups in total. The number of carbonyl (C=O) groups excluding carboxylic acids is 1. The number of rotatable bonds is 7. The van der Waals surface area contributed by atoms with Crippen LogP contribution >= 0.6 is 11.6 Å². The van der Waals surface area contributed by atoms with Gasteiger partial charge in [-0.15, -0.1) is 0 Å². The predicted octanol–water partition coefficient (Wildman–Crippen LogP) is 5.32. The number of alkyl halides is 3. The van der Waals surface area contributed by atoms with Gasteiger partial charge in [-0.2, -0.15) is 13.2 Å². The van der Waals surface area contributed by atoms with Gasteiger partial charge in [-0.05, 0) is 60.5 Å². The molecule has 0 radical (unpaired) electrons. The number of aromatic hydroxyl groups is 1. The Morgan fingerprint density at radius 2 is 1.77 bits per heavy atom. The van der Waals surface area contributed by atoms with E-state index in [2.05, 4.69) is 15.6 Å². The number of phenolic OH excluding ortho intramolecular Hbond substituents is 1. The number of aliphatic hydroxyl groups is 1. The summed E-state index contributed by atoms with van der Waals surface area (Å²) in [6.45, 7) is 0. The summed E-state index contributed by atoms with van der Waals surface area (Å²) in [4.78, 5) is 16.1. The smallest absolute Gasteiger partial charge is 0.416 e. The van der Waals surface area contributed by atoms with Gasteiger partial charge in [0, 0.05) is 27.8 Å². The molecule has 0 aliphatic heterocycles. The van der Waals surface area contributed by atoms with E-state index in [1.165, 1.54) is 30.3 Å². The van der Waals surface area contributed by atoms with Gasteiger partial charge in [-0.3, -0.25) is 4.79 Å². The van der Waals surface area contributed by atoms with E-state index in [-0.39, 0.29) is 28.4 Å². The average Bonchev–Trinajstić information content (AvgIpc) is 3.22. The van der Waals surface area contributed by atoms with Gasteiger partial charge in [0.25, 0.3) is 5.91 Å². The summed E-state index contributed by atoms with van der Waals surface area (Å²) in [5, 5.41) is 27.6. The predicted molar refractivity (Wildman–Crippen MR) is 127 cm³/mol. The van der Waals surface area contributed by atoms with E-state index in [0.29, 0.717) is 0 Å². The molecule has 0 saturated carbocycles. The summed E-state index contributed by atoms with van der Waals surface area (Å²) in [5.41, 5.74) is 0.995. The highest BCUT2D eigenvalue weighted by Crippen LogP contribution is 2.30. The fourth-order valence-corrected chi connectivity index (χ4v) is 3.91. The fourth-order valence-electron chi connectivity index (χ4n) is 3.74. The van der Waals surface area contributed by atoms with E-state index in [9.17, 15) is 28.2 Å². The lowest BCUT2D eigenvalue weighted by Gasteiger charge is -2.26. The van der Waals surface area contributed by atoms with Crippen LogP contribution in [0.25, 0.3) is 10.9 Å². The molecule has 0 bridgehead atoms. The summed E-state index contributed by atoms with van der Waals surface area (Å²) < 4.78 is 38.6. The van der Waals surface area contributed by atoms with Crippen molar-refractivity contribution < 1.29 is 28.2 Å². The molecule has 0 fully saturated rings. The number of phenols is 1. The van der Waals surface area contributed by atoms with Crippen molar-refractivity contribution in [3.05, 3.63) is 94.6 Å². The molecule has 1 amide bonds. The average molecular weight is 504 g/mol. The molecule has 2 unspecified atom stereocenters. The second-order valence-corrected chi connectivity index (χ2v) is 8.41. The van der Waals surface area contributed by atoms with Crippen molar-refractivity contribution >= 4 is 34.1 Å². The number of carbonyl (C=O) groups is 1. The van der Waals surface area contributed by atoms with Gasteiger partial charge in [0.1, 0.15) is 12.0 Å². The molecule has 182 valence electrons. The number of para-hydroxylation sites is 1. The van der Waals surface area contributed by atoms with Gasteiger partial charge >= 0.3 is 6.18 Å². The lowest BCUT2D eigenvalue weighted by molar-refractivity contribution is -0.137. The van der Waals surface area contributed by atoms with E-state index < -0.39 is 29.9 Å². The zero-order valence-electron chi connectivity index (χ0n) is 18.1. The van der Waals surface area contributed by atoms with Crippen molar-refractivity contribution in [2.45, 2.75) is 24.9 Å². The third kappa shape index (κ3) is 5.70. The number of aromatic nitrogens is 1. The number of halogens is 4. The standard InChI is InChI=1S/C25H21ClF3N3O3/c26-16-7-10-22(33)19(12-16)23(34)32-21(11-14-13-30-20-4-2-1-3-18(14)20)24(35)31-17-8-5-15(6-9-17)25(27,28)29/h1-10,12-13,21,24,30-31,33,35H,11H2,(H,32,34). The molecular weight excluding hydrogens is 483 g/mol. The van der Waals surface area contributed by atoms with Gasteiger partial charge in [-0.1, -0.05) is 29.8 Å². The Hall–Kier alpha value is -3.69. The zero-order valence-corrected chi connectivity index (χ0v) is 18.9. The van der Waals surface area contributed by atoms with E-state index in [1.807, 2.05) is 24.3 Å². The van der Waals surface area contributed by atoms with Crippen LogP contribution in [0.15, 0.2) is 72.9 Å². The normalized spacial score (nSPS) is 13.4. The Balaban J connectivity index is 1.59. The molecule has 3 aromatic carbocycles. The summed E-state index contributed by atoms with van der Waals surface area (Å²) >= 11 is 5.96. The Morgan fingerprint density at radius 1 is 1.06 bits per heavy atom. The number of amides is 1. The number of aliphatic hydroxyl groups excluding tert-OH is 1. The van der Waals surface area contributed by atoms with Gasteiger partial charge in [0.15, 0.2) is 0 Å². The van der Waals surface area contributed by atoms with Crippen molar-refractivity contribution in [2.24, 2.45) is 0 Å². The van der Waals surface area contributed by atoms with Crippen LogP contribution in [-0.2, 0) is 12.6 Å². The number of nitrogens with one attached hydrogen (secondary N) is 3. The van der Waals surface area contributed by atoms with Gasteiger partial charge < -0.3 is 25.8 Å². The molecule has 4 aromatic rings. The topological polar surface area (TPSA) is 97.4 Å². The van der Waals surface area contributed by atoms with Crippen LogP contribution < -0.4 is 10.6 Å². The van der Waals surface area contributed by atoms with Crippen LogP contribution in [0, 0.1) is 0 Å². The molecule has 0 spiro atoms. The van der Waals surface area contributed by atoms with Crippen LogP contribution in [-0.4, -0.2) is 33.4 Å². The van der Waals surface area contributed by atoms with Crippen molar-refractivity contribution in [3.8, 4) is 5.75 Å². The first kappa shape index (κ1) is 24.4. The Kier molecular flexibility index (Phi) is 6.90. The highest BCUT2D eigenvalue weighted by Gasteiger charge is 2.30. The lowest BCUT2D eigenvalue weighted by atomic mass is 10.0. The van der Waals surface area contributed by atoms with Gasteiger partial charge in [0.05, 0.1) is 17.2 Å². The molecule has 0 aliphatic rings. The number of hydrogen-bond acceptors (Lipinski definition) is 4. The van der Waals surface area contributed by atoms with Crippen LogP contribution in [0.4, 0.5) is 18.9 Å². The number of aromatic amines is 1. The lowest BCUT2D eigenvalue weighted by Crippen LogP contribution is -2.48. The molecular formula is C25H21ClF3N3O3. The van der Waals surface area contributed by atoms with E-state index in [0.717, 1.165) is 28.6 Å². The van der Waals surface area contributed by atoms with Gasteiger partial charge in [-0.25, -0.2) is 0 Å². The second-order valence-electron chi connectivity index (χ2n) is 7.97. The first-order valence-corrected chi connectivity index (χ1v) is 11.0. The number of H-pyrrole nitrogens is 1. The van der Waals surface area contributed by atoms with Crippen molar-refractivity contribution in [3.63, 3.8) is 0 Å². The van der Waals surface area contributed by atoms with Crippen molar-refractivity contribution in [1.82, 2.24) is 10.3 Å². The Labute approximate surface area is 203 Å². The molecule has 1 aromatic heterocycles. The molecule has 35 heavy (non-hydrogen) atoms. The summed E-state index contributed by atoms with van der Waals surface area (Å²) in [6, 6.07) is 14.7. The number of anilines is 1. The highest BCUT2D eigenvalue weighted by molar-refractivity contribution is 6.31. The van der Waals surface area contributed by atoms with E-state index >= 15 is 0 Å². The maximum Gasteiger partial charge on any atom is 0.416 e. The maximum atomic E-state index is 12.9. The molecule has 1 heterocycles. The monoisotopic (exact) mass is 503 g/mol. The molecule has 6 nitrogen and oxygen atoms in total. The highest BCUT2D eigenvalue weighted by atomic mass is 35.5. The fraction of sp³-hybridized carbons (Fsp3) is 0.160. The molecule has 10 heteroatoms.